The van der Waals surface area contributed by atoms with E-state index in [9.17, 15) is 4.79 Å². The summed E-state index contributed by atoms with van der Waals surface area (Å²) >= 11 is 0. The van der Waals surface area contributed by atoms with Gasteiger partial charge in [-0.2, -0.15) is 0 Å². The van der Waals surface area contributed by atoms with Gasteiger partial charge in [-0.05, 0) is 24.3 Å². The van der Waals surface area contributed by atoms with Gasteiger partial charge in [-0.25, -0.2) is 0 Å². The van der Waals surface area contributed by atoms with Crippen molar-refractivity contribution in [3.05, 3.63) is 24.3 Å². The van der Waals surface area contributed by atoms with Crippen LogP contribution >= 0.6 is 0 Å². The van der Waals surface area contributed by atoms with E-state index in [0.29, 0.717) is 6.41 Å². The van der Waals surface area contributed by atoms with Crippen LogP contribution in [0, 0.1) is 0 Å². The van der Waals surface area contributed by atoms with Crippen LogP contribution in [0.5, 0.6) is 5.75 Å². The first kappa shape index (κ1) is 7.60. The first-order valence-electron chi connectivity index (χ1n) is 3.21. The fourth-order valence-electron chi connectivity index (χ4n) is 0.749. The third kappa shape index (κ3) is 1.70. The first-order valence-corrected chi connectivity index (χ1v) is 3.21. The van der Waals surface area contributed by atoms with Gasteiger partial charge in [0.15, 0.2) is 0 Å². The predicted molar refractivity (Wildman–Crippen MR) is 42.6 cm³/mol. The zero-order chi connectivity index (χ0) is 8.27. The number of anilines is 1. The Balaban J connectivity index is 2.89. The molecule has 0 saturated carbocycles. The minimum Gasteiger partial charge on any atom is -0.508 e. The maximum absolute atomic E-state index is 10.3. The number of phenolic OH excluding ortho intramolecular Hbond substituents is 1. The van der Waals surface area contributed by atoms with Crippen LogP contribution in [0.2, 0.25) is 0 Å². The molecule has 1 aromatic rings. The molecular formula is C8H9NO2. The van der Waals surface area contributed by atoms with E-state index in [1.807, 2.05) is 0 Å². The molecule has 1 rings (SSSR count). The molecule has 1 aromatic carbocycles. The zero-order valence-electron chi connectivity index (χ0n) is 6.19. The lowest BCUT2D eigenvalue weighted by Gasteiger charge is -2.09. The molecule has 1 amide bonds. The molecular weight excluding hydrogens is 142 g/mol. The van der Waals surface area contributed by atoms with Crippen molar-refractivity contribution in [3.8, 4) is 5.75 Å². The molecule has 0 heterocycles. The van der Waals surface area contributed by atoms with Crippen molar-refractivity contribution in [2.45, 2.75) is 0 Å². The standard InChI is InChI=1S/C8H9NO2/c1-9(6-10)7-2-4-8(11)5-3-7/h2-6,11H,1H3. The van der Waals surface area contributed by atoms with Crippen molar-refractivity contribution in [1.82, 2.24) is 0 Å². The Morgan fingerprint density at radius 3 is 2.36 bits per heavy atom. The Hall–Kier alpha value is -1.51. The van der Waals surface area contributed by atoms with E-state index in [1.54, 1.807) is 19.2 Å². The van der Waals surface area contributed by atoms with Crippen LogP contribution < -0.4 is 4.90 Å². The SMILES string of the molecule is CN(C=O)c1ccc(O)cc1. The Morgan fingerprint density at radius 1 is 1.36 bits per heavy atom. The van der Waals surface area contributed by atoms with E-state index in [0.717, 1.165) is 5.69 Å². The van der Waals surface area contributed by atoms with Crippen molar-refractivity contribution in [3.63, 3.8) is 0 Å². The molecule has 0 spiro atoms. The largest absolute Gasteiger partial charge is 0.508 e. The van der Waals surface area contributed by atoms with Crippen molar-refractivity contribution < 1.29 is 9.90 Å². The molecule has 3 heteroatoms. The van der Waals surface area contributed by atoms with Gasteiger partial charge < -0.3 is 10.0 Å². The molecule has 3 nitrogen and oxygen atoms in total. The lowest BCUT2D eigenvalue weighted by molar-refractivity contribution is -0.107. The van der Waals surface area contributed by atoms with Gasteiger partial charge in [-0.1, -0.05) is 0 Å². The number of hydrogen-bond acceptors (Lipinski definition) is 2. The van der Waals surface area contributed by atoms with Crippen LogP contribution in [0.3, 0.4) is 0 Å². The van der Waals surface area contributed by atoms with Crippen molar-refractivity contribution >= 4 is 12.1 Å². The van der Waals surface area contributed by atoms with Gasteiger partial charge in [0.25, 0.3) is 0 Å². The number of nitrogens with zero attached hydrogens (tertiary/aromatic N) is 1. The smallest absolute Gasteiger partial charge is 0.213 e. The maximum Gasteiger partial charge on any atom is 0.213 e. The highest BCUT2D eigenvalue weighted by Crippen LogP contribution is 2.15. The summed E-state index contributed by atoms with van der Waals surface area (Å²) in [5.41, 5.74) is 0.762. The Kier molecular flexibility index (Phi) is 2.11. The molecule has 1 N–H and O–H groups in total. The molecule has 0 unspecified atom stereocenters. The number of hydrogen-bond donors (Lipinski definition) is 1. The second kappa shape index (κ2) is 3.05. The molecule has 0 fully saturated rings. The van der Waals surface area contributed by atoms with Crippen LogP contribution in [-0.4, -0.2) is 18.6 Å². The molecule has 0 radical (unpaired) electrons. The van der Waals surface area contributed by atoms with Crippen LogP contribution in [0.1, 0.15) is 0 Å². The van der Waals surface area contributed by atoms with Crippen LogP contribution in [-0.2, 0) is 4.79 Å². The molecule has 58 valence electrons. The van der Waals surface area contributed by atoms with Gasteiger partial charge in [0.2, 0.25) is 6.41 Å². The van der Waals surface area contributed by atoms with Gasteiger partial charge in [0, 0.05) is 12.7 Å². The van der Waals surface area contributed by atoms with Gasteiger partial charge in [0.1, 0.15) is 5.75 Å². The lowest BCUT2D eigenvalue weighted by Crippen LogP contribution is -2.12. The molecule has 0 aliphatic carbocycles. The summed E-state index contributed by atoms with van der Waals surface area (Å²) in [7, 11) is 1.65. The molecule has 0 bridgehead atoms. The van der Waals surface area contributed by atoms with Crippen LogP contribution in [0.4, 0.5) is 5.69 Å². The first-order chi connectivity index (χ1) is 5.24. The van der Waals surface area contributed by atoms with Crippen molar-refractivity contribution in [2.75, 3.05) is 11.9 Å². The number of benzene rings is 1. The average Bonchev–Trinajstić information content (AvgIpc) is 2.05. The molecule has 0 atom stereocenters. The number of carbonyl (C=O) groups excluding carboxylic acids is 1. The normalized spacial score (nSPS) is 9.18. The number of phenols is 1. The summed E-state index contributed by atoms with van der Waals surface area (Å²) in [6.45, 7) is 0. The minimum absolute atomic E-state index is 0.202. The minimum atomic E-state index is 0.202. The average molecular weight is 151 g/mol. The lowest BCUT2D eigenvalue weighted by atomic mass is 10.3. The highest BCUT2D eigenvalue weighted by atomic mass is 16.3. The zero-order valence-corrected chi connectivity index (χ0v) is 6.19. The predicted octanol–water partition coefficient (Wildman–Crippen LogP) is 0.985. The highest BCUT2D eigenvalue weighted by Gasteiger charge is 1.96. The van der Waals surface area contributed by atoms with Crippen molar-refractivity contribution in [1.29, 1.82) is 0 Å². The van der Waals surface area contributed by atoms with Gasteiger partial charge >= 0.3 is 0 Å². The summed E-state index contributed by atoms with van der Waals surface area (Å²) in [6, 6.07) is 6.41. The Morgan fingerprint density at radius 2 is 1.91 bits per heavy atom. The maximum atomic E-state index is 10.3. The summed E-state index contributed by atoms with van der Waals surface area (Å²) in [4.78, 5) is 11.7. The molecule has 0 saturated heterocycles. The molecule has 11 heavy (non-hydrogen) atoms. The van der Waals surface area contributed by atoms with E-state index in [-0.39, 0.29) is 5.75 Å². The molecule has 0 aliphatic heterocycles. The van der Waals surface area contributed by atoms with E-state index >= 15 is 0 Å². The summed E-state index contributed by atoms with van der Waals surface area (Å²) in [5, 5.41) is 8.90. The molecule has 0 aromatic heterocycles. The summed E-state index contributed by atoms with van der Waals surface area (Å²) in [5.74, 6) is 0.202. The number of aromatic hydroxyl groups is 1. The molecule has 0 aliphatic rings. The number of amides is 1. The number of rotatable bonds is 2. The van der Waals surface area contributed by atoms with Gasteiger partial charge in [-0.15, -0.1) is 0 Å². The van der Waals surface area contributed by atoms with E-state index in [1.165, 1.54) is 17.0 Å². The van der Waals surface area contributed by atoms with Crippen LogP contribution in [0.25, 0.3) is 0 Å². The summed E-state index contributed by atoms with van der Waals surface area (Å²) < 4.78 is 0. The Bertz CT molecular complexity index is 243. The van der Waals surface area contributed by atoms with Gasteiger partial charge in [-0.3, -0.25) is 4.79 Å². The van der Waals surface area contributed by atoms with E-state index < -0.39 is 0 Å². The van der Waals surface area contributed by atoms with Crippen LogP contribution in [0.15, 0.2) is 24.3 Å². The quantitative estimate of drug-likeness (QED) is 0.640. The second-order valence-corrected chi connectivity index (χ2v) is 2.23. The third-order valence-corrected chi connectivity index (χ3v) is 1.42. The fraction of sp³-hybridized carbons (Fsp3) is 0.125. The third-order valence-electron chi connectivity index (χ3n) is 1.42. The topological polar surface area (TPSA) is 40.5 Å². The van der Waals surface area contributed by atoms with E-state index in [2.05, 4.69) is 0 Å². The second-order valence-electron chi connectivity index (χ2n) is 2.23. The van der Waals surface area contributed by atoms with Crippen molar-refractivity contribution in [2.24, 2.45) is 0 Å². The van der Waals surface area contributed by atoms with Gasteiger partial charge in [0.05, 0.1) is 0 Å². The fourth-order valence-corrected chi connectivity index (χ4v) is 0.749. The Labute approximate surface area is 64.9 Å². The van der Waals surface area contributed by atoms with E-state index in [4.69, 9.17) is 5.11 Å². The highest BCUT2D eigenvalue weighted by molar-refractivity contribution is 5.74. The monoisotopic (exact) mass is 151 g/mol. The number of carbonyl (C=O) groups is 1. The summed E-state index contributed by atoms with van der Waals surface area (Å²) in [6.07, 6.45) is 0.715.